The average Bonchev–Trinajstić information content (AvgIpc) is 3.02. The molecule has 0 spiro atoms. The Morgan fingerprint density at radius 1 is 1.35 bits per heavy atom. The van der Waals surface area contributed by atoms with Gasteiger partial charge in [0.05, 0.1) is 11.4 Å². The Hall–Kier alpha value is -1.15. The Balaban J connectivity index is 1.48. The number of halogens is 1. The van der Waals surface area contributed by atoms with Gasteiger partial charge in [-0.05, 0) is 68.6 Å². The normalized spacial score (nSPS) is 14.1. The van der Waals surface area contributed by atoms with Gasteiger partial charge in [0.15, 0.2) is 8.29 Å². The summed E-state index contributed by atoms with van der Waals surface area (Å²) < 4.78 is 3.14. The van der Waals surface area contributed by atoms with Crippen molar-refractivity contribution in [3.8, 4) is 5.69 Å². The quantitative estimate of drug-likeness (QED) is 0.365. The SMILES string of the molecule is O=C(CSc1nn(-c2ccc(Cl)cc2)c(=S)s1)NCCC1=CCCCC1. The third-order valence-corrected chi connectivity index (χ3v) is 6.70. The van der Waals surface area contributed by atoms with Gasteiger partial charge in [0.25, 0.3) is 0 Å². The van der Waals surface area contributed by atoms with Crippen molar-refractivity contribution in [2.75, 3.05) is 12.3 Å². The van der Waals surface area contributed by atoms with Crippen LogP contribution in [0.15, 0.2) is 40.3 Å². The van der Waals surface area contributed by atoms with Crippen LogP contribution in [-0.4, -0.2) is 28.0 Å². The van der Waals surface area contributed by atoms with Gasteiger partial charge in [0.2, 0.25) is 5.91 Å². The summed E-state index contributed by atoms with van der Waals surface area (Å²) in [6, 6.07) is 7.36. The summed E-state index contributed by atoms with van der Waals surface area (Å²) in [5, 5.41) is 8.16. The van der Waals surface area contributed by atoms with Gasteiger partial charge in [0.1, 0.15) is 0 Å². The van der Waals surface area contributed by atoms with Gasteiger partial charge in [-0.25, -0.2) is 4.68 Å². The number of nitrogens with zero attached hydrogens (tertiary/aromatic N) is 2. The number of hydrogen-bond donors (Lipinski definition) is 1. The lowest BCUT2D eigenvalue weighted by Crippen LogP contribution is -2.26. The van der Waals surface area contributed by atoms with E-state index in [1.165, 1.54) is 54.4 Å². The standard InChI is InChI=1S/C18H20ClN3OS3/c19-14-6-8-15(9-7-14)22-18(24)26-17(21-22)25-12-16(23)20-11-10-13-4-2-1-3-5-13/h4,6-9H,1-3,5,10-12H2,(H,20,23). The molecule has 4 nitrogen and oxygen atoms in total. The number of hydrogen-bond acceptors (Lipinski definition) is 5. The Bertz CT molecular complexity index is 842. The van der Waals surface area contributed by atoms with Crippen LogP contribution in [0.5, 0.6) is 0 Å². The number of carbonyl (C=O) groups excluding carboxylic acids is 1. The molecule has 1 aliphatic carbocycles. The van der Waals surface area contributed by atoms with E-state index in [1.54, 1.807) is 16.8 Å². The average molecular weight is 426 g/mol. The van der Waals surface area contributed by atoms with Gasteiger partial charge in [-0.1, -0.05) is 46.3 Å². The molecule has 0 fully saturated rings. The highest BCUT2D eigenvalue weighted by Crippen LogP contribution is 2.24. The fourth-order valence-corrected chi connectivity index (χ4v) is 5.05. The van der Waals surface area contributed by atoms with Crippen LogP contribution in [0.25, 0.3) is 5.69 Å². The van der Waals surface area contributed by atoms with Crippen molar-refractivity contribution in [2.45, 2.75) is 36.4 Å². The predicted molar refractivity (Wildman–Crippen MR) is 112 cm³/mol. The smallest absolute Gasteiger partial charge is 0.230 e. The van der Waals surface area contributed by atoms with Crippen molar-refractivity contribution < 1.29 is 4.79 Å². The van der Waals surface area contributed by atoms with E-state index in [-0.39, 0.29) is 5.91 Å². The molecular weight excluding hydrogens is 406 g/mol. The molecule has 1 aromatic heterocycles. The van der Waals surface area contributed by atoms with Crippen LogP contribution in [0, 0.1) is 3.95 Å². The van der Waals surface area contributed by atoms with E-state index < -0.39 is 0 Å². The van der Waals surface area contributed by atoms with Gasteiger partial charge in [-0.2, -0.15) is 0 Å². The molecule has 1 aromatic carbocycles. The molecule has 0 radical (unpaired) electrons. The van der Waals surface area contributed by atoms with E-state index >= 15 is 0 Å². The van der Waals surface area contributed by atoms with E-state index in [9.17, 15) is 4.79 Å². The van der Waals surface area contributed by atoms with E-state index in [2.05, 4.69) is 16.5 Å². The van der Waals surface area contributed by atoms with Crippen molar-refractivity contribution >= 4 is 52.8 Å². The van der Waals surface area contributed by atoms with Crippen LogP contribution in [0.1, 0.15) is 32.1 Å². The molecule has 1 amide bonds. The summed E-state index contributed by atoms with van der Waals surface area (Å²) in [4.78, 5) is 12.0. The second-order valence-corrected chi connectivity index (χ2v) is 9.30. The summed E-state index contributed by atoms with van der Waals surface area (Å²) in [5.74, 6) is 0.382. The molecule has 0 bridgehead atoms. The summed E-state index contributed by atoms with van der Waals surface area (Å²) in [5.41, 5.74) is 2.34. The topological polar surface area (TPSA) is 46.9 Å². The molecule has 0 saturated heterocycles. The number of allylic oxidation sites excluding steroid dienone is 1. The van der Waals surface area contributed by atoms with Gasteiger partial charge < -0.3 is 5.32 Å². The molecule has 1 N–H and O–H groups in total. The lowest BCUT2D eigenvalue weighted by atomic mass is 9.97. The number of benzene rings is 1. The fraction of sp³-hybridized carbons (Fsp3) is 0.389. The summed E-state index contributed by atoms with van der Waals surface area (Å²) in [6.07, 6.45) is 8.20. The number of aromatic nitrogens is 2. The van der Waals surface area contributed by atoms with Crippen molar-refractivity contribution in [2.24, 2.45) is 0 Å². The van der Waals surface area contributed by atoms with E-state index in [1.807, 2.05) is 12.1 Å². The molecule has 138 valence electrons. The molecular formula is C18H20ClN3OS3. The first kappa shape index (κ1) is 19.6. The minimum atomic E-state index is 0.0329. The maximum absolute atomic E-state index is 12.0. The molecule has 3 rings (SSSR count). The van der Waals surface area contributed by atoms with Crippen molar-refractivity contribution in [1.82, 2.24) is 15.1 Å². The highest BCUT2D eigenvalue weighted by molar-refractivity contribution is 8.01. The number of thioether (sulfide) groups is 1. The summed E-state index contributed by atoms with van der Waals surface area (Å²) in [7, 11) is 0. The number of carbonyl (C=O) groups is 1. The molecule has 8 heteroatoms. The monoisotopic (exact) mass is 425 g/mol. The molecule has 0 aliphatic heterocycles. The zero-order valence-corrected chi connectivity index (χ0v) is 17.4. The minimum Gasteiger partial charge on any atom is -0.355 e. The lowest BCUT2D eigenvalue weighted by Gasteiger charge is -2.12. The Labute approximate surface area is 171 Å². The van der Waals surface area contributed by atoms with E-state index in [4.69, 9.17) is 23.8 Å². The predicted octanol–water partition coefficient (Wildman–Crippen LogP) is 5.42. The van der Waals surface area contributed by atoms with Gasteiger partial charge >= 0.3 is 0 Å². The van der Waals surface area contributed by atoms with Crippen LogP contribution >= 0.6 is 46.9 Å². The Kier molecular flexibility index (Phi) is 7.31. The number of amides is 1. The Morgan fingerprint density at radius 2 is 2.15 bits per heavy atom. The molecule has 0 saturated carbocycles. The van der Waals surface area contributed by atoms with Crippen LogP contribution in [-0.2, 0) is 4.79 Å². The van der Waals surface area contributed by atoms with Gasteiger partial charge in [-0.3, -0.25) is 4.79 Å². The first-order valence-corrected chi connectivity index (χ1v) is 11.1. The molecule has 0 atom stereocenters. The zero-order valence-electron chi connectivity index (χ0n) is 14.2. The highest BCUT2D eigenvalue weighted by atomic mass is 35.5. The highest BCUT2D eigenvalue weighted by Gasteiger charge is 2.10. The first-order chi connectivity index (χ1) is 12.6. The largest absolute Gasteiger partial charge is 0.355 e. The molecule has 2 aromatic rings. The first-order valence-electron chi connectivity index (χ1n) is 8.55. The second kappa shape index (κ2) is 9.69. The van der Waals surface area contributed by atoms with E-state index in [0.29, 0.717) is 21.3 Å². The van der Waals surface area contributed by atoms with Crippen molar-refractivity contribution in [1.29, 1.82) is 0 Å². The molecule has 0 unspecified atom stereocenters. The molecule has 1 aliphatic rings. The second-order valence-electron chi connectivity index (χ2n) is 6.02. The maximum Gasteiger partial charge on any atom is 0.230 e. The van der Waals surface area contributed by atoms with Gasteiger partial charge in [0, 0.05) is 11.6 Å². The van der Waals surface area contributed by atoms with Crippen LogP contribution in [0.3, 0.4) is 0 Å². The van der Waals surface area contributed by atoms with E-state index in [0.717, 1.165) is 16.4 Å². The molecule has 1 heterocycles. The zero-order chi connectivity index (χ0) is 18.4. The third kappa shape index (κ3) is 5.67. The van der Waals surface area contributed by atoms with Gasteiger partial charge in [-0.15, -0.1) is 5.10 Å². The Morgan fingerprint density at radius 3 is 2.88 bits per heavy atom. The van der Waals surface area contributed by atoms with Crippen molar-refractivity contribution in [3.63, 3.8) is 0 Å². The summed E-state index contributed by atoms with van der Waals surface area (Å²) in [6.45, 7) is 0.708. The minimum absolute atomic E-state index is 0.0329. The van der Waals surface area contributed by atoms with Crippen LogP contribution in [0.2, 0.25) is 5.02 Å². The third-order valence-electron chi connectivity index (χ3n) is 4.08. The summed E-state index contributed by atoms with van der Waals surface area (Å²) >= 11 is 14.1. The maximum atomic E-state index is 12.0. The molecule has 26 heavy (non-hydrogen) atoms. The lowest BCUT2D eigenvalue weighted by molar-refractivity contribution is -0.118. The number of rotatable bonds is 7. The fourth-order valence-electron chi connectivity index (χ4n) is 2.74. The van der Waals surface area contributed by atoms with Crippen LogP contribution in [0.4, 0.5) is 0 Å². The van der Waals surface area contributed by atoms with Crippen molar-refractivity contribution in [3.05, 3.63) is 44.9 Å². The number of nitrogens with one attached hydrogen (secondary N) is 1. The van der Waals surface area contributed by atoms with Crippen LogP contribution < -0.4 is 5.32 Å².